The average molecular weight is 529 g/mol. The summed E-state index contributed by atoms with van der Waals surface area (Å²) in [6.45, 7) is 2.25. The van der Waals surface area contributed by atoms with Crippen molar-refractivity contribution >= 4 is 5.97 Å². The molecule has 6 atom stereocenters. The topological polar surface area (TPSA) is 127 Å². The molecule has 0 aromatic carbocycles. The van der Waals surface area contributed by atoms with Crippen molar-refractivity contribution in [1.29, 1.82) is 0 Å². The third-order valence-corrected chi connectivity index (χ3v) is 7.29. The monoisotopic (exact) mass is 528 g/mol. The van der Waals surface area contributed by atoms with E-state index in [0.29, 0.717) is 12.8 Å². The van der Waals surface area contributed by atoms with Gasteiger partial charge in [-0.3, -0.25) is 0 Å². The summed E-state index contributed by atoms with van der Waals surface area (Å²) in [4.78, 5) is 11.3. The molecule has 0 saturated heterocycles. The van der Waals surface area contributed by atoms with E-state index < -0.39 is 42.6 Å². The fourth-order valence-corrected chi connectivity index (χ4v) is 5.17. The number of cyclic esters (lactones) is 1. The summed E-state index contributed by atoms with van der Waals surface area (Å²) < 4.78 is 5.11. The zero-order chi connectivity index (χ0) is 27.3. The first-order chi connectivity index (χ1) is 17.8. The Balaban J connectivity index is 2.00. The van der Waals surface area contributed by atoms with Gasteiger partial charge in [-0.2, -0.15) is 0 Å². The zero-order valence-electron chi connectivity index (χ0n) is 23.3. The lowest BCUT2D eigenvalue weighted by Crippen LogP contribution is -2.30. The quantitative estimate of drug-likeness (QED) is 0.0871. The summed E-state index contributed by atoms with van der Waals surface area (Å²) in [5.74, 6) is -0.426. The van der Waals surface area contributed by atoms with E-state index in [1.54, 1.807) is 6.08 Å². The van der Waals surface area contributed by atoms with Crippen LogP contribution in [0.4, 0.5) is 0 Å². The molecule has 0 unspecified atom stereocenters. The van der Waals surface area contributed by atoms with Crippen LogP contribution < -0.4 is 0 Å². The van der Waals surface area contributed by atoms with Crippen molar-refractivity contribution in [2.45, 2.75) is 172 Å². The minimum Gasteiger partial charge on any atom is -0.459 e. The van der Waals surface area contributed by atoms with Gasteiger partial charge in [0.05, 0.1) is 30.5 Å². The van der Waals surface area contributed by atoms with Crippen LogP contribution in [0.5, 0.6) is 0 Å². The highest BCUT2D eigenvalue weighted by molar-refractivity contribution is 5.82. The van der Waals surface area contributed by atoms with Crippen LogP contribution in [0.2, 0.25) is 0 Å². The van der Waals surface area contributed by atoms with Crippen LogP contribution in [-0.2, 0) is 9.53 Å². The van der Waals surface area contributed by atoms with E-state index in [1.165, 1.54) is 76.7 Å². The molecule has 0 fully saturated rings. The molecule has 1 heterocycles. The molecule has 1 rings (SSSR count). The standard InChI is InChI=1S/C30H56O7/c1-2-3-4-5-6-7-8-9-10-11-12-13-14-16-24(31)19-25(32)20-26(33)21-27(34)22-28(35)23-29-17-15-18-30(36)37-29/h15,18,24-29,31-35H,2-14,16-17,19-23H2,1H3/t24-,25+,26+,27-,28-,29+/m0/s1. The highest BCUT2D eigenvalue weighted by Crippen LogP contribution is 2.19. The zero-order valence-corrected chi connectivity index (χ0v) is 23.3. The molecule has 0 spiro atoms. The van der Waals surface area contributed by atoms with Gasteiger partial charge in [-0.25, -0.2) is 4.79 Å². The molecule has 0 amide bonds. The maximum Gasteiger partial charge on any atom is 0.330 e. The van der Waals surface area contributed by atoms with Crippen LogP contribution in [0, 0.1) is 0 Å². The fourth-order valence-electron chi connectivity index (χ4n) is 5.17. The molecule has 5 N–H and O–H groups in total. The van der Waals surface area contributed by atoms with Crippen LogP contribution in [-0.4, -0.2) is 68.1 Å². The second kappa shape index (κ2) is 21.9. The number of hydrogen-bond acceptors (Lipinski definition) is 7. The first-order valence-electron chi connectivity index (χ1n) is 15.1. The summed E-state index contributed by atoms with van der Waals surface area (Å²) in [6, 6.07) is 0. The highest BCUT2D eigenvalue weighted by Gasteiger charge is 2.24. The Hall–Kier alpha value is -0.990. The number of aliphatic hydroxyl groups is 5. The lowest BCUT2D eigenvalue weighted by Gasteiger charge is -2.24. The number of ether oxygens (including phenoxy) is 1. The van der Waals surface area contributed by atoms with E-state index in [0.717, 1.165) is 12.8 Å². The minimum atomic E-state index is -0.928. The molecule has 0 bridgehead atoms. The summed E-state index contributed by atoms with van der Waals surface area (Å²) in [5, 5.41) is 51.0. The van der Waals surface area contributed by atoms with Gasteiger partial charge in [-0.1, -0.05) is 96.5 Å². The third kappa shape index (κ3) is 19.7. The number of rotatable bonds is 24. The lowest BCUT2D eigenvalue weighted by molar-refractivity contribution is -0.145. The van der Waals surface area contributed by atoms with Crippen molar-refractivity contribution in [3.05, 3.63) is 12.2 Å². The molecule has 7 nitrogen and oxygen atoms in total. The Bertz CT molecular complexity index is 582. The summed E-state index contributed by atoms with van der Waals surface area (Å²) >= 11 is 0. The molecule has 1 aliphatic rings. The van der Waals surface area contributed by atoms with Gasteiger partial charge in [0.2, 0.25) is 0 Å². The van der Waals surface area contributed by atoms with Crippen LogP contribution in [0.3, 0.4) is 0 Å². The van der Waals surface area contributed by atoms with Crippen molar-refractivity contribution in [2.75, 3.05) is 0 Å². The molecular weight excluding hydrogens is 472 g/mol. The van der Waals surface area contributed by atoms with Crippen LogP contribution in [0.1, 0.15) is 135 Å². The van der Waals surface area contributed by atoms with E-state index in [-0.39, 0.29) is 32.1 Å². The number of aliphatic hydroxyl groups excluding tert-OH is 5. The van der Waals surface area contributed by atoms with Gasteiger partial charge in [0.1, 0.15) is 6.10 Å². The first kappa shape index (κ1) is 34.0. The van der Waals surface area contributed by atoms with Crippen LogP contribution >= 0.6 is 0 Å². The molecule has 1 aliphatic heterocycles. The van der Waals surface area contributed by atoms with E-state index >= 15 is 0 Å². The number of hydrogen-bond donors (Lipinski definition) is 5. The van der Waals surface area contributed by atoms with Gasteiger partial charge in [-0.05, 0) is 32.1 Å². The third-order valence-electron chi connectivity index (χ3n) is 7.29. The summed E-state index contributed by atoms with van der Waals surface area (Å²) in [5.41, 5.74) is 0. The van der Waals surface area contributed by atoms with Gasteiger partial charge >= 0.3 is 5.97 Å². The minimum absolute atomic E-state index is 0.0351. The predicted molar refractivity (Wildman–Crippen MR) is 147 cm³/mol. The summed E-state index contributed by atoms with van der Waals surface area (Å²) in [7, 11) is 0. The SMILES string of the molecule is CCCCCCCCCCCCCCC[C@H](O)C[C@@H](O)C[C@@H](O)C[C@H](O)C[C@H](O)C[C@H]1CC=CC(=O)O1. The normalized spacial score (nSPS) is 19.8. The number of carbonyl (C=O) groups excluding carboxylic acids is 1. The molecule has 0 aromatic heterocycles. The van der Waals surface area contributed by atoms with Gasteiger partial charge in [0, 0.05) is 18.9 Å². The molecule has 0 aliphatic carbocycles. The van der Waals surface area contributed by atoms with E-state index in [4.69, 9.17) is 4.74 Å². The van der Waals surface area contributed by atoms with Gasteiger partial charge in [0.25, 0.3) is 0 Å². The van der Waals surface area contributed by atoms with Crippen molar-refractivity contribution in [3.8, 4) is 0 Å². The Labute approximate surface area is 225 Å². The average Bonchev–Trinajstić information content (AvgIpc) is 2.81. The van der Waals surface area contributed by atoms with E-state index in [1.807, 2.05) is 0 Å². The lowest BCUT2D eigenvalue weighted by atomic mass is 9.96. The first-order valence-corrected chi connectivity index (χ1v) is 15.1. The van der Waals surface area contributed by atoms with E-state index in [9.17, 15) is 30.3 Å². The molecule has 0 aromatic rings. The highest BCUT2D eigenvalue weighted by atomic mass is 16.5. The predicted octanol–water partition coefficient (Wildman–Crippen LogP) is 5.09. The second-order valence-corrected chi connectivity index (χ2v) is 11.2. The number of carbonyl (C=O) groups is 1. The Kier molecular flexibility index (Phi) is 20.1. The molecular formula is C30H56O7. The fraction of sp³-hybridized carbons (Fsp3) is 0.900. The molecule has 218 valence electrons. The van der Waals surface area contributed by atoms with Crippen molar-refractivity contribution in [1.82, 2.24) is 0 Å². The second-order valence-electron chi connectivity index (χ2n) is 11.2. The van der Waals surface area contributed by atoms with E-state index in [2.05, 4.69) is 6.92 Å². The van der Waals surface area contributed by atoms with Gasteiger partial charge in [0.15, 0.2) is 0 Å². The molecule has 37 heavy (non-hydrogen) atoms. The Morgan fingerprint density at radius 3 is 1.59 bits per heavy atom. The number of esters is 1. The largest absolute Gasteiger partial charge is 0.459 e. The Morgan fingerprint density at radius 1 is 0.676 bits per heavy atom. The van der Waals surface area contributed by atoms with Crippen molar-refractivity contribution < 1.29 is 35.1 Å². The maximum absolute atomic E-state index is 11.3. The molecule has 0 radical (unpaired) electrons. The number of unbranched alkanes of at least 4 members (excludes halogenated alkanes) is 12. The maximum atomic E-state index is 11.3. The van der Waals surface area contributed by atoms with Crippen LogP contribution in [0.15, 0.2) is 12.2 Å². The molecule has 0 saturated carbocycles. The smallest absolute Gasteiger partial charge is 0.330 e. The molecule has 7 heteroatoms. The van der Waals surface area contributed by atoms with Crippen molar-refractivity contribution in [3.63, 3.8) is 0 Å². The van der Waals surface area contributed by atoms with Gasteiger partial charge < -0.3 is 30.3 Å². The van der Waals surface area contributed by atoms with Crippen LogP contribution in [0.25, 0.3) is 0 Å². The van der Waals surface area contributed by atoms with Gasteiger partial charge in [-0.15, -0.1) is 0 Å². The van der Waals surface area contributed by atoms with Crippen molar-refractivity contribution in [2.24, 2.45) is 0 Å². The Morgan fingerprint density at radius 2 is 1.11 bits per heavy atom. The summed E-state index contributed by atoms with van der Waals surface area (Å²) in [6.07, 6.45) is 17.0.